The third-order valence-corrected chi connectivity index (χ3v) is 3.87. The summed E-state index contributed by atoms with van der Waals surface area (Å²) in [6, 6.07) is 0. The standard InChI is InChI=1S/C11H14N2O3S/c1-3-7-6(2)17-9-8(7)10(15)13(4-5-14)11(16)12-9/h14H,3-5H2,1-2H3,(H,12,16). The van der Waals surface area contributed by atoms with Gasteiger partial charge in [-0.05, 0) is 18.9 Å². The van der Waals surface area contributed by atoms with Gasteiger partial charge in [0, 0.05) is 4.88 Å². The summed E-state index contributed by atoms with van der Waals surface area (Å²) in [6.07, 6.45) is 0.756. The minimum atomic E-state index is -0.458. The zero-order valence-corrected chi connectivity index (χ0v) is 10.6. The van der Waals surface area contributed by atoms with Crippen LogP contribution in [0.15, 0.2) is 9.59 Å². The largest absolute Gasteiger partial charge is 0.395 e. The second kappa shape index (κ2) is 4.46. The Bertz CT molecular complexity index is 666. The van der Waals surface area contributed by atoms with Crippen LogP contribution in [0.1, 0.15) is 17.4 Å². The number of hydrogen-bond donors (Lipinski definition) is 2. The molecule has 0 atom stereocenters. The molecule has 6 heteroatoms. The van der Waals surface area contributed by atoms with Gasteiger partial charge >= 0.3 is 5.69 Å². The molecule has 2 aromatic rings. The molecule has 0 aromatic carbocycles. The van der Waals surface area contributed by atoms with Crippen molar-refractivity contribution in [1.82, 2.24) is 9.55 Å². The van der Waals surface area contributed by atoms with Gasteiger partial charge in [-0.1, -0.05) is 6.92 Å². The zero-order valence-electron chi connectivity index (χ0n) is 9.74. The van der Waals surface area contributed by atoms with E-state index in [9.17, 15) is 9.59 Å². The molecular formula is C11H14N2O3S. The highest BCUT2D eigenvalue weighted by Crippen LogP contribution is 2.26. The van der Waals surface area contributed by atoms with Crippen LogP contribution >= 0.6 is 11.3 Å². The third kappa shape index (κ3) is 1.83. The van der Waals surface area contributed by atoms with E-state index in [1.807, 2.05) is 13.8 Å². The zero-order chi connectivity index (χ0) is 12.6. The lowest BCUT2D eigenvalue weighted by molar-refractivity contribution is 0.272. The molecule has 0 aliphatic heterocycles. The van der Waals surface area contributed by atoms with Crippen LogP contribution in [0, 0.1) is 6.92 Å². The van der Waals surface area contributed by atoms with Gasteiger partial charge < -0.3 is 5.11 Å². The molecule has 0 fully saturated rings. The second-order valence-corrected chi connectivity index (χ2v) is 5.03. The maximum atomic E-state index is 12.2. The van der Waals surface area contributed by atoms with Crippen LogP contribution in [-0.4, -0.2) is 21.3 Å². The molecular weight excluding hydrogens is 240 g/mol. The van der Waals surface area contributed by atoms with Crippen molar-refractivity contribution in [3.63, 3.8) is 0 Å². The third-order valence-electron chi connectivity index (χ3n) is 2.81. The van der Waals surface area contributed by atoms with Crippen molar-refractivity contribution in [3.05, 3.63) is 31.3 Å². The Morgan fingerprint density at radius 2 is 2.12 bits per heavy atom. The Kier molecular flexibility index (Phi) is 3.17. The summed E-state index contributed by atoms with van der Waals surface area (Å²) in [5.41, 5.74) is 0.220. The van der Waals surface area contributed by atoms with Gasteiger partial charge in [-0.25, -0.2) is 4.79 Å². The van der Waals surface area contributed by atoms with E-state index in [2.05, 4.69) is 4.98 Å². The van der Waals surface area contributed by atoms with Crippen LogP contribution in [0.25, 0.3) is 10.2 Å². The molecule has 0 spiro atoms. The SMILES string of the molecule is CCc1c(C)sc2[nH]c(=O)n(CCO)c(=O)c12. The number of rotatable bonds is 3. The predicted molar refractivity (Wildman–Crippen MR) is 67.9 cm³/mol. The number of aryl methyl sites for hydroxylation is 2. The van der Waals surface area contributed by atoms with Crippen molar-refractivity contribution in [1.29, 1.82) is 0 Å². The highest BCUT2D eigenvalue weighted by atomic mass is 32.1. The van der Waals surface area contributed by atoms with E-state index in [0.29, 0.717) is 10.2 Å². The van der Waals surface area contributed by atoms with Gasteiger partial charge in [0.15, 0.2) is 0 Å². The van der Waals surface area contributed by atoms with Crippen molar-refractivity contribution in [2.45, 2.75) is 26.8 Å². The van der Waals surface area contributed by atoms with E-state index in [-0.39, 0.29) is 18.7 Å². The number of fused-ring (bicyclic) bond motifs is 1. The van der Waals surface area contributed by atoms with Gasteiger partial charge in [-0.2, -0.15) is 0 Å². The molecule has 0 radical (unpaired) electrons. The quantitative estimate of drug-likeness (QED) is 0.843. The Balaban J connectivity index is 2.89. The number of nitrogens with zero attached hydrogens (tertiary/aromatic N) is 1. The van der Waals surface area contributed by atoms with Crippen molar-refractivity contribution in [2.24, 2.45) is 0 Å². The topological polar surface area (TPSA) is 75.1 Å². The number of aliphatic hydroxyl groups is 1. The van der Waals surface area contributed by atoms with E-state index in [1.165, 1.54) is 11.3 Å². The van der Waals surface area contributed by atoms with Gasteiger partial charge in [0.25, 0.3) is 5.56 Å². The number of hydrogen-bond acceptors (Lipinski definition) is 4. The number of aromatic nitrogens is 2. The fourth-order valence-corrected chi connectivity index (χ4v) is 3.14. The summed E-state index contributed by atoms with van der Waals surface area (Å²) in [4.78, 5) is 28.2. The first kappa shape index (κ1) is 12.1. The van der Waals surface area contributed by atoms with Crippen LogP contribution in [0.5, 0.6) is 0 Å². The Hall–Kier alpha value is -1.40. The molecule has 2 aromatic heterocycles. The molecule has 0 saturated carbocycles. The van der Waals surface area contributed by atoms with E-state index < -0.39 is 5.69 Å². The van der Waals surface area contributed by atoms with Crippen LogP contribution in [-0.2, 0) is 13.0 Å². The second-order valence-electron chi connectivity index (χ2n) is 3.81. The molecule has 17 heavy (non-hydrogen) atoms. The highest BCUT2D eigenvalue weighted by molar-refractivity contribution is 7.18. The van der Waals surface area contributed by atoms with E-state index in [4.69, 9.17) is 5.11 Å². The lowest BCUT2D eigenvalue weighted by Gasteiger charge is -2.02. The van der Waals surface area contributed by atoms with Crippen LogP contribution in [0.3, 0.4) is 0 Å². The monoisotopic (exact) mass is 254 g/mol. The fourth-order valence-electron chi connectivity index (χ4n) is 2.01. The first-order chi connectivity index (χ1) is 8.10. The normalized spacial score (nSPS) is 11.2. The molecule has 0 aliphatic carbocycles. The minimum absolute atomic E-state index is 0.0299. The van der Waals surface area contributed by atoms with E-state index in [0.717, 1.165) is 21.4 Å². The maximum absolute atomic E-state index is 12.2. The van der Waals surface area contributed by atoms with E-state index >= 15 is 0 Å². The smallest absolute Gasteiger partial charge is 0.329 e. The van der Waals surface area contributed by atoms with E-state index in [1.54, 1.807) is 0 Å². The number of thiophene rings is 1. The van der Waals surface area contributed by atoms with Crippen molar-refractivity contribution < 1.29 is 5.11 Å². The lowest BCUT2D eigenvalue weighted by atomic mass is 10.1. The molecule has 0 unspecified atom stereocenters. The average molecular weight is 254 g/mol. The van der Waals surface area contributed by atoms with Crippen LogP contribution in [0.2, 0.25) is 0 Å². The molecule has 5 nitrogen and oxygen atoms in total. The molecule has 2 heterocycles. The lowest BCUT2D eigenvalue weighted by Crippen LogP contribution is -2.35. The maximum Gasteiger partial charge on any atom is 0.329 e. The van der Waals surface area contributed by atoms with Crippen LogP contribution in [0.4, 0.5) is 0 Å². The van der Waals surface area contributed by atoms with Gasteiger partial charge in [0.2, 0.25) is 0 Å². The van der Waals surface area contributed by atoms with Gasteiger partial charge in [-0.15, -0.1) is 11.3 Å². The highest BCUT2D eigenvalue weighted by Gasteiger charge is 2.14. The molecule has 0 saturated heterocycles. The van der Waals surface area contributed by atoms with Gasteiger partial charge in [0.1, 0.15) is 4.83 Å². The molecule has 0 bridgehead atoms. The average Bonchev–Trinajstić information content (AvgIpc) is 2.60. The van der Waals surface area contributed by atoms with Crippen LogP contribution < -0.4 is 11.2 Å². The van der Waals surface area contributed by atoms with Gasteiger partial charge in [0.05, 0.1) is 18.5 Å². The Morgan fingerprint density at radius 3 is 2.71 bits per heavy atom. The predicted octanol–water partition coefficient (Wildman–Crippen LogP) is 0.614. The summed E-state index contributed by atoms with van der Waals surface area (Å²) in [6.45, 7) is 3.73. The first-order valence-corrected chi connectivity index (χ1v) is 6.27. The Labute approximate surface area is 101 Å². The molecule has 0 aliphatic rings. The first-order valence-electron chi connectivity index (χ1n) is 5.46. The molecule has 92 valence electrons. The summed E-state index contributed by atoms with van der Waals surface area (Å²) in [5.74, 6) is 0. The summed E-state index contributed by atoms with van der Waals surface area (Å²) in [7, 11) is 0. The Morgan fingerprint density at radius 1 is 1.41 bits per heavy atom. The van der Waals surface area contributed by atoms with Gasteiger partial charge in [-0.3, -0.25) is 14.3 Å². The van der Waals surface area contributed by atoms with Crippen molar-refractivity contribution >= 4 is 21.6 Å². The number of aromatic amines is 1. The summed E-state index contributed by atoms with van der Waals surface area (Å²) >= 11 is 1.43. The molecule has 0 amide bonds. The number of nitrogens with one attached hydrogen (secondary N) is 1. The minimum Gasteiger partial charge on any atom is -0.395 e. The number of aliphatic hydroxyl groups excluding tert-OH is 1. The molecule has 2 N–H and O–H groups in total. The number of H-pyrrole nitrogens is 1. The summed E-state index contributed by atoms with van der Waals surface area (Å²) < 4.78 is 1.05. The molecule has 2 rings (SSSR count). The summed E-state index contributed by atoms with van der Waals surface area (Å²) in [5, 5.41) is 9.45. The van der Waals surface area contributed by atoms with Crippen molar-refractivity contribution in [3.8, 4) is 0 Å². The fraction of sp³-hybridized carbons (Fsp3) is 0.455. The van der Waals surface area contributed by atoms with Crippen molar-refractivity contribution in [2.75, 3.05) is 6.61 Å².